The summed E-state index contributed by atoms with van der Waals surface area (Å²) in [5.41, 5.74) is 4.94. The van der Waals surface area contributed by atoms with Crippen molar-refractivity contribution in [2.75, 3.05) is 0 Å². The molecule has 4 aromatic rings. The van der Waals surface area contributed by atoms with Crippen molar-refractivity contribution in [2.45, 2.75) is 13.5 Å². The lowest BCUT2D eigenvalue weighted by Gasteiger charge is -2.08. The number of aryl methyl sites for hydroxylation is 1. The van der Waals surface area contributed by atoms with Crippen molar-refractivity contribution in [3.05, 3.63) is 95.4 Å². The van der Waals surface area contributed by atoms with Crippen molar-refractivity contribution >= 4 is 16.8 Å². The summed E-state index contributed by atoms with van der Waals surface area (Å²) < 4.78 is 13.8. The smallest absolute Gasteiger partial charge is 0.268 e. The number of nitrogens with one attached hydrogen (secondary N) is 2. The molecule has 0 saturated carbocycles. The zero-order chi connectivity index (χ0) is 18.8. The number of carbonyl (C=O) groups is 1. The van der Waals surface area contributed by atoms with Gasteiger partial charge in [-0.2, -0.15) is 0 Å². The molecule has 3 nitrogen and oxygen atoms in total. The molecule has 134 valence electrons. The van der Waals surface area contributed by atoms with Crippen LogP contribution in [0.25, 0.3) is 22.0 Å². The summed E-state index contributed by atoms with van der Waals surface area (Å²) in [6.45, 7) is 2.45. The Balaban J connectivity index is 1.73. The lowest BCUT2D eigenvalue weighted by atomic mass is 10.0. The normalized spacial score (nSPS) is 10.9. The molecule has 0 aliphatic carbocycles. The third kappa shape index (κ3) is 3.47. The molecule has 2 N–H and O–H groups in total. The van der Waals surface area contributed by atoms with Crippen LogP contribution in [-0.2, 0) is 6.54 Å². The number of benzene rings is 3. The number of fused-ring (bicyclic) bond motifs is 1. The minimum atomic E-state index is -0.328. The molecule has 0 atom stereocenters. The Morgan fingerprint density at radius 3 is 2.59 bits per heavy atom. The van der Waals surface area contributed by atoms with Crippen molar-refractivity contribution in [3.63, 3.8) is 0 Å². The largest absolute Gasteiger partial charge is 0.350 e. The van der Waals surface area contributed by atoms with Gasteiger partial charge in [0, 0.05) is 23.0 Å². The molecule has 27 heavy (non-hydrogen) atoms. The van der Waals surface area contributed by atoms with Gasteiger partial charge in [0.25, 0.3) is 5.91 Å². The molecule has 0 spiro atoms. The minimum absolute atomic E-state index is 0.216. The van der Waals surface area contributed by atoms with E-state index in [9.17, 15) is 9.18 Å². The molecule has 0 aliphatic rings. The molecule has 0 aliphatic heterocycles. The maximum absolute atomic E-state index is 13.8. The fourth-order valence-corrected chi connectivity index (χ4v) is 3.33. The predicted octanol–water partition coefficient (Wildman–Crippen LogP) is 5.21. The Bertz CT molecular complexity index is 1120. The molecule has 0 fully saturated rings. The van der Waals surface area contributed by atoms with Gasteiger partial charge in [-0.1, -0.05) is 60.2 Å². The first-order valence-electron chi connectivity index (χ1n) is 8.82. The Hall–Kier alpha value is -3.40. The fraction of sp³-hybridized carbons (Fsp3) is 0.0870. The fourth-order valence-electron chi connectivity index (χ4n) is 3.33. The van der Waals surface area contributed by atoms with Gasteiger partial charge >= 0.3 is 0 Å². The minimum Gasteiger partial charge on any atom is -0.350 e. The van der Waals surface area contributed by atoms with E-state index in [1.165, 1.54) is 12.1 Å². The highest BCUT2D eigenvalue weighted by atomic mass is 19.1. The van der Waals surface area contributed by atoms with Gasteiger partial charge in [0.1, 0.15) is 11.5 Å². The maximum atomic E-state index is 13.8. The van der Waals surface area contributed by atoms with Gasteiger partial charge < -0.3 is 10.3 Å². The van der Waals surface area contributed by atoms with Crippen LogP contribution in [0.1, 0.15) is 21.6 Å². The molecular weight excluding hydrogens is 339 g/mol. The number of carbonyl (C=O) groups excluding carboxylic acids is 1. The SMILES string of the molecule is Cc1cccc(CNC(=O)c2[nH]c3ccc(F)cc3c2-c2ccccc2)c1. The van der Waals surface area contributed by atoms with E-state index in [1.807, 2.05) is 61.5 Å². The van der Waals surface area contributed by atoms with Crippen LogP contribution in [0.2, 0.25) is 0 Å². The monoisotopic (exact) mass is 358 g/mol. The lowest BCUT2D eigenvalue weighted by Crippen LogP contribution is -2.23. The van der Waals surface area contributed by atoms with Crippen molar-refractivity contribution in [1.82, 2.24) is 10.3 Å². The molecule has 0 saturated heterocycles. The second-order valence-corrected chi connectivity index (χ2v) is 6.60. The van der Waals surface area contributed by atoms with Crippen LogP contribution < -0.4 is 5.32 Å². The number of amides is 1. The van der Waals surface area contributed by atoms with Crippen molar-refractivity contribution in [1.29, 1.82) is 0 Å². The van der Waals surface area contributed by atoms with Crippen LogP contribution in [0.15, 0.2) is 72.8 Å². The van der Waals surface area contributed by atoms with E-state index in [-0.39, 0.29) is 11.7 Å². The molecule has 1 heterocycles. The zero-order valence-electron chi connectivity index (χ0n) is 14.9. The molecular formula is C23H19FN2O. The second kappa shape index (κ2) is 7.08. The third-order valence-electron chi connectivity index (χ3n) is 4.59. The summed E-state index contributed by atoms with van der Waals surface area (Å²) in [6.07, 6.45) is 0. The molecule has 0 radical (unpaired) electrons. The molecule has 0 bridgehead atoms. The van der Waals surface area contributed by atoms with Crippen molar-refractivity contribution < 1.29 is 9.18 Å². The highest BCUT2D eigenvalue weighted by Crippen LogP contribution is 2.33. The quantitative estimate of drug-likeness (QED) is 0.517. The first kappa shape index (κ1) is 17.0. The highest BCUT2D eigenvalue weighted by Gasteiger charge is 2.19. The van der Waals surface area contributed by atoms with Crippen LogP contribution in [0.3, 0.4) is 0 Å². The number of H-pyrrole nitrogens is 1. The van der Waals surface area contributed by atoms with Crippen molar-refractivity contribution in [3.8, 4) is 11.1 Å². The molecule has 0 unspecified atom stereocenters. The van der Waals surface area contributed by atoms with Gasteiger partial charge in [0.2, 0.25) is 0 Å². The Labute approximate surface area is 156 Å². The summed E-state index contributed by atoms with van der Waals surface area (Å²) in [7, 11) is 0. The van der Waals surface area contributed by atoms with Gasteiger partial charge in [-0.3, -0.25) is 4.79 Å². The number of hydrogen-bond donors (Lipinski definition) is 2. The Morgan fingerprint density at radius 2 is 1.81 bits per heavy atom. The van der Waals surface area contributed by atoms with E-state index in [2.05, 4.69) is 10.3 Å². The van der Waals surface area contributed by atoms with E-state index in [4.69, 9.17) is 0 Å². The average Bonchev–Trinajstić information content (AvgIpc) is 3.05. The molecule has 4 rings (SSSR count). The van der Waals surface area contributed by atoms with Crippen LogP contribution in [-0.4, -0.2) is 10.9 Å². The second-order valence-electron chi connectivity index (χ2n) is 6.60. The number of aromatic nitrogens is 1. The average molecular weight is 358 g/mol. The van der Waals surface area contributed by atoms with E-state index in [0.717, 1.165) is 22.2 Å². The van der Waals surface area contributed by atoms with Crippen LogP contribution in [0, 0.1) is 12.7 Å². The summed E-state index contributed by atoms with van der Waals surface area (Å²) in [6, 6.07) is 22.1. The Morgan fingerprint density at radius 1 is 1.00 bits per heavy atom. The highest BCUT2D eigenvalue weighted by molar-refractivity contribution is 6.09. The van der Waals surface area contributed by atoms with Crippen molar-refractivity contribution in [2.24, 2.45) is 0 Å². The number of aromatic amines is 1. The van der Waals surface area contributed by atoms with E-state index in [1.54, 1.807) is 6.07 Å². The van der Waals surface area contributed by atoms with E-state index < -0.39 is 0 Å². The zero-order valence-corrected chi connectivity index (χ0v) is 14.9. The number of halogens is 1. The van der Waals surface area contributed by atoms with Gasteiger partial charge in [-0.15, -0.1) is 0 Å². The summed E-state index contributed by atoms with van der Waals surface area (Å²) in [5.74, 6) is -0.544. The summed E-state index contributed by atoms with van der Waals surface area (Å²) >= 11 is 0. The lowest BCUT2D eigenvalue weighted by molar-refractivity contribution is 0.0947. The van der Waals surface area contributed by atoms with Gasteiger partial charge in [-0.05, 0) is 36.2 Å². The van der Waals surface area contributed by atoms with Crippen LogP contribution >= 0.6 is 0 Å². The molecule has 3 aromatic carbocycles. The number of hydrogen-bond acceptors (Lipinski definition) is 1. The maximum Gasteiger partial charge on any atom is 0.268 e. The number of rotatable bonds is 4. The summed E-state index contributed by atoms with van der Waals surface area (Å²) in [4.78, 5) is 16.1. The molecule has 1 aromatic heterocycles. The van der Waals surface area contributed by atoms with Crippen LogP contribution in [0.5, 0.6) is 0 Å². The third-order valence-corrected chi connectivity index (χ3v) is 4.59. The van der Waals surface area contributed by atoms with Gasteiger partial charge in [-0.25, -0.2) is 4.39 Å². The molecule has 4 heteroatoms. The summed E-state index contributed by atoms with van der Waals surface area (Å²) in [5, 5.41) is 3.66. The molecule has 1 amide bonds. The standard InChI is InChI=1S/C23H19FN2O/c1-15-6-5-7-16(12-15)14-25-23(27)22-21(17-8-3-2-4-9-17)19-13-18(24)10-11-20(19)26-22/h2-13,26H,14H2,1H3,(H,25,27). The van der Waals surface area contributed by atoms with E-state index in [0.29, 0.717) is 23.2 Å². The Kier molecular flexibility index (Phi) is 4.47. The topological polar surface area (TPSA) is 44.9 Å². The predicted molar refractivity (Wildman–Crippen MR) is 106 cm³/mol. The first-order valence-corrected chi connectivity index (χ1v) is 8.82. The van der Waals surface area contributed by atoms with Crippen LogP contribution in [0.4, 0.5) is 4.39 Å². The first-order chi connectivity index (χ1) is 13.1. The van der Waals surface area contributed by atoms with Gasteiger partial charge in [0.05, 0.1) is 0 Å². The van der Waals surface area contributed by atoms with Gasteiger partial charge in [0.15, 0.2) is 0 Å². The van der Waals surface area contributed by atoms with E-state index >= 15 is 0 Å².